The van der Waals surface area contributed by atoms with E-state index in [1.165, 1.54) is 4.90 Å². The van der Waals surface area contributed by atoms with E-state index in [-0.39, 0.29) is 0 Å². The van der Waals surface area contributed by atoms with Crippen molar-refractivity contribution in [2.24, 2.45) is 0 Å². The number of benzene rings is 2. The highest BCUT2D eigenvalue weighted by atomic mass is 79.9. The summed E-state index contributed by atoms with van der Waals surface area (Å²) in [6, 6.07) is 9.65. The molecular formula is C19H18BrNO3. The number of ether oxygens (including phenoxy) is 1. The van der Waals surface area contributed by atoms with Crippen LogP contribution in [0.1, 0.15) is 27.0 Å². The number of aryl methyl sites for hydroxylation is 3. The third-order valence-electron chi connectivity index (χ3n) is 3.94. The maximum absolute atomic E-state index is 12.3. The Balaban J connectivity index is 1.77. The van der Waals surface area contributed by atoms with Crippen LogP contribution in [0.2, 0.25) is 0 Å². The molecular weight excluding hydrogens is 370 g/mol. The van der Waals surface area contributed by atoms with Gasteiger partial charge in [-0.2, -0.15) is 0 Å². The minimum Gasteiger partial charge on any atom is -0.492 e. The Hall–Kier alpha value is -2.14. The molecule has 2 aromatic rings. The second kappa shape index (κ2) is 6.40. The highest BCUT2D eigenvalue weighted by Gasteiger charge is 2.37. The van der Waals surface area contributed by atoms with Crippen LogP contribution in [0.4, 0.5) is 5.69 Å². The van der Waals surface area contributed by atoms with Gasteiger partial charge in [0.05, 0.1) is 17.8 Å². The standard InChI is InChI=1S/C19H18BrNO3/c1-11-6-12(2)8-14(7-11)24-5-4-21-17-15(18(22)19(21)23)9-13(3)10-16(17)20/h6-10H,4-5H2,1-3H3. The third-order valence-corrected chi connectivity index (χ3v) is 4.54. The summed E-state index contributed by atoms with van der Waals surface area (Å²) in [7, 11) is 0. The number of Topliss-reactive ketones (excluding diaryl/α,β-unsaturated/α-hetero) is 1. The Labute approximate surface area is 149 Å². The first-order chi connectivity index (χ1) is 11.4. The van der Waals surface area contributed by atoms with Gasteiger partial charge in [-0.25, -0.2) is 0 Å². The van der Waals surface area contributed by atoms with E-state index in [0.29, 0.717) is 24.4 Å². The monoisotopic (exact) mass is 387 g/mol. The number of nitrogens with zero attached hydrogens (tertiary/aromatic N) is 1. The van der Waals surface area contributed by atoms with Crippen molar-refractivity contribution >= 4 is 33.3 Å². The van der Waals surface area contributed by atoms with E-state index in [4.69, 9.17) is 4.74 Å². The molecule has 0 fully saturated rings. The van der Waals surface area contributed by atoms with E-state index in [0.717, 1.165) is 26.9 Å². The van der Waals surface area contributed by atoms with Crippen LogP contribution in [0.3, 0.4) is 0 Å². The number of amides is 1. The normalized spacial score (nSPS) is 13.4. The van der Waals surface area contributed by atoms with E-state index in [1.54, 1.807) is 6.07 Å². The van der Waals surface area contributed by atoms with Crippen LogP contribution in [0.15, 0.2) is 34.8 Å². The molecule has 0 aliphatic carbocycles. The molecule has 5 heteroatoms. The quantitative estimate of drug-likeness (QED) is 0.745. The number of anilines is 1. The molecule has 124 valence electrons. The van der Waals surface area contributed by atoms with Gasteiger partial charge in [0, 0.05) is 4.47 Å². The Kier molecular flexibility index (Phi) is 4.45. The van der Waals surface area contributed by atoms with Gasteiger partial charge in [0.25, 0.3) is 11.7 Å². The highest BCUT2D eigenvalue weighted by molar-refractivity contribution is 9.10. The van der Waals surface area contributed by atoms with E-state index in [9.17, 15) is 9.59 Å². The minimum absolute atomic E-state index is 0.321. The molecule has 0 unspecified atom stereocenters. The Bertz CT molecular complexity index is 824. The highest BCUT2D eigenvalue weighted by Crippen LogP contribution is 2.37. The van der Waals surface area contributed by atoms with Gasteiger partial charge >= 0.3 is 0 Å². The second-order valence-electron chi connectivity index (χ2n) is 6.10. The summed E-state index contributed by atoms with van der Waals surface area (Å²) < 4.78 is 6.52. The van der Waals surface area contributed by atoms with Crippen molar-refractivity contribution in [3.63, 3.8) is 0 Å². The van der Waals surface area contributed by atoms with Gasteiger partial charge in [-0.3, -0.25) is 9.59 Å². The van der Waals surface area contributed by atoms with Crippen molar-refractivity contribution in [3.05, 3.63) is 57.1 Å². The van der Waals surface area contributed by atoms with Gasteiger partial charge in [0.2, 0.25) is 0 Å². The van der Waals surface area contributed by atoms with E-state index < -0.39 is 11.7 Å². The SMILES string of the molecule is Cc1cc(C)cc(OCCN2C(=O)C(=O)c3cc(C)cc(Br)c32)c1. The van der Waals surface area contributed by atoms with E-state index in [2.05, 4.69) is 22.0 Å². The van der Waals surface area contributed by atoms with E-state index in [1.807, 2.05) is 39.0 Å². The Morgan fingerprint density at radius 2 is 1.58 bits per heavy atom. The maximum atomic E-state index is 12.3. The lowest BCUT2D eigenvalue weighted by Gasteiger charge is -2.18. The molecule has 1 heterocycles. The van der Waals surface area contributed by atoms with Crippen molar-refractivity contribution < 1.29 is 14.3 Å². The largest absolute Gasteiger partial charge is 0.492 e. The summed E-state index contributed by atoms with van der Waals surface area (Å²) in [5.74, 6) is -0.185. The molecule has 1 aliphatic rings. The molecule has 0 bridgehead atoms. The zero-order chi connectivity index (χ0) is 17.4. The fourth-order valence-electron chi connectivity index (χ4n) is 3.01. The fourth-order valence-corrected chi connectivity index (χ4v) is 3.79. The Morgan fingerprint density at radius 3 is 2.25 bits per heavy atom. The molecule has 0 N–H and O–H groups in total. The van der Waals surface area contributed by atoms with Crippen molar-refractivity contribution in [1.82, 2.24) is 0 Å². The van der Waals surface area contributed by atoms with Crippen molar-refractivity contribution in [3.8, 4) is 5.75 Å². The number of ketones is 1. The van der Waals surface area contributed by atoms with Gasteiger partial charge in [-0.15, -0.1) is 0 Å². The molecule has 0 spiro atoms. The topological polar surface area (TPSA) is 46.6 Å². The fraction of sp³-hybridized carbons (Fsp3) is 0.263. The number of rotatable bonds is 4. The average Bonchev–Trinajstić information content (AvgIpc) is 2.71. The lowest BCUT2D eigenvalue weighted by Crippen LogP contribution is -2.33. The van der Waals surface area contributed by atoms with Crippen LogP contribution in [0, 0.1) is 20.8 Å². The van der Waals surface area contributed by atoms with Crippen LogP contribution < -0.4 is 9.64 Å². The van der Waals surface area contributed by atoms with Crippen molar-refractivity contribution in [1.29, 1.82) is 0 Å². The smallest absolute Gasteiger partial charge is 0.299 e. The summed E-state index contributed by atoms with van der Waals surface area (Å²) in [4.78, 5) is 25.9. The number of halogens is 1. The van der Waals surface area contributed by atoms with Gasteiger partial charge in [-0.1, -0.05) is 6.07 Å². The summed E-state index contributed by atoms with van der Waals surface area (Å²) in [6.45, 7) is 6.57. The molecule has 3 rings (SSSR count). The molecule has 2 aromatic carbocycles. The molecule has 4 nitrogen and oxygen atoms in total. The van der Waals surface area contributed by atoms with Crippen molar-refractivity contribution in [2.75, 3.05) is 18.1 Å². The van der Waals surface area contributed by atoms with Crippen LogP contribution in [0.25, 0.3) is 0 Å². The van der Waals surface area contributed by atoms with Crippen LogP contribution in [0.5, 0.6) is 5.75 Å². The number of carbonyl (C=O) groups excluding carboxylic acids is 2. The summed E-state index contributed by atoms with van der Waals surface area (Å²) in [5, 5.41) is 0. The first-order valence-electron chi connectivity index (χ1n) is 7.74. The lowest BCUT2D eigenvalue weighted by atomic mass is 10.1. The first-order valence-corrected chi connectivity index (χ1v) is 8.53. The molecule has 0 radical (unpaired) electrons. The second-order valence-corrected chi connectivity index (χ2v) is 6.96. The molecule has 24 heavy (non-hydrogen) atoms. The van der Waals surface area contributed by atoms with Gasteiger partial charge in [0.1, 0.15) is 12.4 Å². The number of hydrogen-bond acceptors (Lipinski definition) is 3. The third kappa shape index (κ3) is 3.08. The lowest BCUT2D eigenvalue weighted by molar-refractivity contribution is -0.114. The van der Waals surface area contributed by atoms with Crippen LogP contribution in [-0.2, 0) is 4.79 Å². The van der Waals surface area contributed by atoms with Gasteiger partial charge in [-0.05, 0) is 77.7 Å². The number of carbonyl (C=O) groups is 2. The molecule has 0 saturated carbocycles. The van der Waals surface area contributed by atoms with E-state index >= 15 is 0 Å². The zero-order valence-corrected chi connectivity index (χ0v) is 15.4. The van der Waals surface area contributed by atoms with Crippen LogP contribution >= 0.6 is 15.9 Å². The average molecular weight is 388 g/mol. The number of fused-ring (bicyclic) bond motifs is 1. The minimum atomic E-state index is -0.500. The predicted octanol–water partition coefficient (Wildman–Crippen LogP) is 3.98. The summed E-state index contributed by atoms with van der Waals surface area (Å²) in [5.41, 5.74) is 4.29. The van der Waals surface area contributed by atoms with Gasteiger partial charge in [0.15, 0.2) is 0 Å². The van der Waals surface area contributed by atoms with Gasteiger partial charge < -0.3 is 9.64 Å². The Morgan fingerprint density at radius 1 is 0.958 bits per heavy atom. The molecule has 0 aromatic heterocycles. The zero-order valence-electron chi connectivity index (χ0n) is 13.9. The number of hydrogen-bond donors (Lipinski definition) is 0. The first kappa shape index (κ1) is 16.7. The molecule has 1 aliphatic heterocycles. The van der Waals surface area contributed by atoms with Crippen molar-refractivity contribution in [2.45, 2.75) is 20.8 Å². The molecule has 0 saturated heterocycles. The molecule has 0 atom stereocenters. The van der Waals surface area contributed by atoms with Crippen LogP contribution in [-0.4, -0.2) is 24.8 Å². The summed E-state index contributed by atoms with van der Waals surface area (Å²) in [6.07, 6.45) is 0. The summed E-state index contributed by atoms with van der Waals surface area (Å²) >= 11 is 3.46. The molecule has 1 amide bonds. The predicted molar refractivity (Wildman–Crippen MR) is 97.0 cm³/mol. The maximum Gasteiger partial charge on any atom is 0.299 e.